The predicted octanol–water partition coefficient (Wildman–Crippen LogP) is 4.15. The van der Waals surface area contributed by atoms with Gasteiger partial charge in [0.05, 0.1) is 11.1 Å². The molecule has 1 heterocycles. The van der Waals surface area contributed by atoms with E-state index in [1.54, 1.807) is 41.1 Å². The molecule has 0 aliphatic rings. The zero-order valence-corrected chi connectivity index (χ0v) is 12.5. The fraction of sp³-hybridized carbons (Fsp3) is 0.0556. The maximum absolute atomic E-state index is 12.9. The Hall–Kier alpha value is -3.02. The quantitative estimate of drug-likeness (QED) is 0.721. The maximum Gasteiger partial charge on any atom is 0.416 e. The summed E-state index contributed by atoms with van der Waals surface area (Å²) in [5.41, 5.74) is 6.23. The summed E-state index contributed by atoms with van der Waals surface area (Å²) in [5, 5.41) is 0.827. The fourth-order valence-electron chi connectivity index (χ4n) is 2.52. The minimum atomic E-state index is -4.41. The highest BCUT2D eigenvalue weighted by Crippen LogP contribution is 2.31. The number of primary amides is 1. The molecule has 2 N–H and O–H groups in total. The van der Waals surface area contributed by atoms with Crippen molar-refractivity contribution in [2.75, 3.05) is 0 Å². The van der Waals surface area contributed by atoms with Gasteiger partial charge in [-0.3, -0.25) is 4.79 Å². The first-order valence-electron chi connectivity index (χ1n) is 7.05. The zero-order chi connectivity index (χ0) is 17.5. The van der Waals surface area contributed by atoms with Crippen LogP contribution in [-0.2, 0) is 11.0 Å². The highest BCUT2D eigenvalue weighted by atomic mass is 19.4. The molecule has 0 saturated heterocycles. The summed E-state index contributed by atoms with van der Waals surface area (Å²) in [7, 11) is 0. The van der Waals surface area contributed by atoms with E-state index in [2.05, 4.69) is 6.58 Å². The van der Waals surface area contributed by atoms with E-state index in [0.29, 0.717) is 16.8 Å². The van der Waals surface area contributed by atoms with Crippen LogP contribution in [0.3, 0.4) is 0 Å². The van der Waals surface area contributed by atoms with Gasteiger partial charge >= 0.3 is 6.18 Å². The molecule has 1 aromatic heterocycles. The van der Waals surface area contributed by atoms with Crippen LogP contribution in [0, 0.1) is 0 Å². The molecule has 122 valence electrons. The van der Waals surface area contributed by atoms with Crippen LogP contribution in [0.2, 0.25) is 0 Å². The van der Waals surface area contributed by atoms with Crippen LogP contribution in [0.5, 0.6) is 0 Å². The lowest BCUT2D eigenvalue weighted by atomic mass is 10.1. The van der Waals surface area contributed by atoms with E-state index in [4.69, 9.17) is 5.73 Å². The minimum Gasteiger partial charge on any atom is -0.366 e. The molecule has 0 fully saturated rings. The molecule has 0 aliphatic heterocycles. The third-order valence-electron chi connectivity index (χ3n) is 3.79. The van der Waals surface area contributed by atoms with Gasteiger partial charge in [-0.05, 0) is 41.3 Å². The second kappa shape index (κ2) is 5.56. The number of rotatable bonds is 3. The normalized spacial score (nSPS) is 11.6. The molecule has 0 spiro atoms. The van der Waals surface area contributed by atoms with Crippen LogP contribution < -0.4 is 5.73 Å². The van der Waals surface area contributed by atoms with E-state index in [1.807, 2.05) is 0 Å². The average molecular weight is 330 g/mol. The number of alkyl halides is 3. The third kappa shape index (κ3) is 2.78. The molecular weight excluding hydrogens is 317 g/mol. The van der Waals surface area contributed by atoms with Crippen molar-refractivity contribution in [1.82, 2.24) is 4.57 Å². The molecule has 0 aliphatic carbocycles. The second-order valence-electron chi connectivity index (χ2n) is 5.35. The molecule has 0 bridgehead atoms. The summed E-state index contributed by atoms with van der Waals surface area (Å²) in [4.78, 5) is 11.3. The van der Waals surface area contributed by atoms with Gasteiger partial charge in [0.25, 0.3) is 0 Å². The summed E-state index contributed by atoms with van der Waals surface area (Å²) >= 11 is 0. The van der Waals surface area contributed by atoms with Gasteiger partial charge in [-0.2, -0.15) is 13.2 Å². The van der Waals surface area contributed by atoms with Gasteiger partial charge in [-0.1, -0.05) is 24.8 Å². The summed E-state index contributed by atoms with van der Waals surface area (Å²) in [6.45, 7) is 3.63. The van der Waals surface area contributed by atoms with Crippen LogP contribution in [-0.4, -0.2) is 10.5 Å². The molecule has 0 radical (unpaired) electrons. The van der Waals surface area contributed by atoms with E-state index in [9.17, 15) is 18.0 Å². The first-order chi connectivity index (χ1) is 11.3. The summed E-state index contributed by atoms with van der Waals surface area (Å²) in [6.07, 6.45) is -2.73. The second-order valence-corrected chi connectivity index (χ2v) is 5.35. The van der Waals surface area contributed by atoms with Crippen LogP contribution in [0.15, 0.2) is 61.3 Å². The van der Waals surface area contributed by atoms with Gasteiger partial charge in [-0.15, -0.1) is 0 Å². The van der Waals surface area contributed by atoms with Crippen molar-refractivity contribution in [3.8, 4) is 5.69 Å². The molecule has 24 heavy (non-hydrogen) atoms. The molecule has 2 aromatic carbocycles. The number of nitrogens with two attached hydrogens (primary N) is 1. The van der Waals surface area contributed by atoms with Crippen molar-refractivity contribution in [3.05, 3.63) is 72.4 Å². The molecule has 0 unspecified atom stereocenters. The Balaban J connectivity index is 2.15. The highest BCUT2D eigenvalue weighted by Gasteiger charge is 2.30. The van der Waals surface area contributed by atoms with E-state index in [-0.39, 0.29) is 5.57 Å². The largest absolute Gasteiger partial charge is 0.416 e. The van der Waals surface area contributed by atoms with E-state index in [0.717, 1.165) is 17.5 Å². The summed E-state index contributed by atoms with van der Waals surface area (Å²) in [5.74, 6) is -0.647. The lowest BCUT2D eigenvalue weighted by Crippen LogP contribution is -2.11. The van der Waals surface area contributed by atoms with Gasteiger partial charge < -0.3 is 10.3 Å². The number of hydrogen-bond donors (Lipinski definition) is 1. The molecule has 3 aromatic rings. The molecule has 1 amide bonds. The van der Waals surface area contributed by atoms with Crippen LogP contribution in [0.25, 0.3) is 22.2 Å². The lowest BCUT2D eigenvalue weighted by Gasteiger charge is -2.11. The topological polar surface area (TPSA) is 48.0 Å². The Labute approximate surface area is 135 Å². The Morgan fingerprint density at radius 1 is 1.08 bits per heavy atom. The Bertz CT molecular complexity index is 954. The number of carbonyl (C=O) groups excluding carboxylic acids is 1. The van der Waals surface area contributed by atoms with Crippen molar-refractivity contribution in [2.45, 2.75) is 6.18 Å². The Kier molecular flexibility index (Phi) is 3.67. The van der Waals surface area contributed by atoms with Crippen LogP contribution in [0.1, 0.15) is 11.1 Å². The number of hydrogen-bond acceptors (Lipinski definition) is 1. The number of benzene rings is 2. The monoisotopic (exact) mass is 330 g/mol. The molecular formula is C18H13F3N2O. The first-order valence-corrected chi connectivity index (χ1v) is 7.05. The fourth-order valence-corrected chi connectivity index (χ4v) is 2.52. The highest BCUT2D eigenvalue weighted by molar-refractivity contribution is 6.18. The molecule has 0 saturated carbocycles. The standard InChI is InChI=1S/C18H13F3N2O/c1-11(17(22)24)13-6-5-12-7-8-23(16(12)9-13)15-4-2-3-14(10-15)18(19,20)21/h2-10H,1H2,(H2,22,24). The van der Waals surface area contributed by atoms with Gasteiger partial charge in [0.2, 0.25) is 5.91 Å². The van der Waals surface area contributed by atoms with Crippen LogP contribution >= 0.6 is 0 Å². The number of nitrogens with zero attached hydrogens (tertiary/aromatic N) is 1. The predicted molar refractivity (Wildman–Crippen MR) is 86.5 cm³/mol. The molecule has 3 nitrogen and oxygen atoms in total. The smallest absolute Gasteiger partial charge is 0.366 e. The number of amides is 1. The summed E-state index contributed by atoms with van der Waals surface area (Å²) < 4.78 is 40.4. The molecule has 3 rings (SSSR count). The lowest BCUT2D eigenvalue weighted by molar-refractivity contribution is -0.137. The van der Waals surface area contributed by atoms with Crippen molar-refractivity contribution in [1.29, 1.82) is 0 Å². The Morgan fingerprint density at radius 2 is 1.83 bits per heavy atom. The zero-order valence-electron chi connectivity index (χ0n) is 12.5. The summed E-state index contributed by atoms with van der Waals surface area (Å²) in [6, 6.07) is 12.0. The van der Waals surface area contributed by atoms with Gasteiger partial charge in [0.1, 0.15) is 0 Å². The van der Waals surface area contributed by atoms with Crippen molar-refractivity contribution in [3.63, 3.8) is 0 Å². The number of fused-ring (bicyclic) bond motifs is 1. The van der Waals surface area contributed by atoms with Gasteiger partial charge in [0.15, 0.2) is 0 Å². The molecule has 6 heteroatoms. The number of carbonyl (C=O) groups is 1. The number of aromatic nitrogens is 1. The maximum atomic E-state index is 12.9. The van der Waals surface area contributed by atoms with Gasteiger partial charge in [0, 0.05) is 17.5 Å². The van der Waals surface area contributed by atoms with Crippen LogP contribution in [0.4, 0.5) is 13.2 Å². The average Bonchev–Trinajstić information content (AvgIpc) is 2.96. The first kappa shape index (κ1) is 15.9. The van der Waals surface area contributed by atoms with Crippen molar-refractivity contribution >= 4 is 22.4 Å². The SMILES string of the molecule is C=C(C(N)=O)c1ccc2ccn(-c3cccc(C(F)(F)F)c3)c2c1. The molecule has 0 atom stereocenters. The minimum absolute atomic E-state index is 0.147. The Morgan fingerprint density at radius 3 is 2.50 bits per heavy atom. The van der Waals surface area contributed by atoms with E-state index < -0.39 is 17.6 Å². The van der Waals surface area contributed by atoms with E-state index in [1.165, 1.54) is 6.07 Å². The van der Waals surface area contributed by atoms with E-state index >= 15 is 0 Å². The number of halogens is 3. The van der Waals surface area contributed by atoms with Gasteiger partial charge in [-0.25, -0.2) is 0 Å². The third-order valence-corrected chi connectivity index (χ3v) is 3.79. The van der Waals surface area contributed by atoms with Crippen molar-refractivity contribution < 1.29 is 18.0 Å². The van der Waals surface area contributed by atoms with Crippen molar-refractivity contribution in [2.24, 2.45) is 5.73 Å².